The number of likely N-dealkylation sites (tertiary alicyclic amines) is 1. The summed E-state index contributed by atoms with van der Waals surface area (Å²) in [6.07, 6.45) is 1.32. The fraction of sp³-hybridized carbons (Fsp3) is 0.588. The van der Waals surface area contributed by atoms with Gasteiger partial charge in [0, 0.05) is 13.1 Å². The number of aliphatic hydroxyl groups excluding tert-OH is 1. The van der Waals surface area contributed by atoms with E-state index in [-0.39, 0.29) is 29.9 Å². The van der Waals surface area contributed by atoms with Crippen LogP contribution in [0.3, 0.4) is 0 Å². The van der Waals surface area contributed by atoms with Crippen LogP contribution in [0.5, 0.6) is 0 Å². The maximum absolute atomic E-state index is 13.6. The lowest BCUT2D eigenvalue weighted by atomic mass is 9.92. The molecule has 1 heterocycles. The third-order valence-electron chi connectivity index (χ3n) is 4.54. The van der Waals surface area contributed by atoms with Crippen LogP contribution in [0.4, 0.5) is 9.18 Å². The van der Waals surface area contributed by atoms with Gasteiger partial charge in [-0.25, -0.2) is 9.18 Å². The molecule has 2 atom stereocenters. The summed E-state index contributed by atoms with van der Waals surface area (Å²) in [6, 6.07) is 4.67. The van der Waals surface area contributed by atoms with Crippen molar-refractivity contribution in [2.45, 2.75) is 45.8 Å². The SMILES string of the molecule is Cc1ccc(C(C)NC(=O)N2CCC(C(C)O)CC2)cc1F. The Morgan fingerprint density at radius 1 is 1.36 bits per heavy atom. The van der Waals surface area contributed by atoms with E-state index < -0.39 is 0 Å². The van der Waals surface area contributed by atoms with Gasteiger partial charge in [0.2, 0.25) is 0 Å². The maximum atomic E-state index is 13.6. The van der Waals surface area contributed by atoms with Gasteiger partial charge in [-0.15, -0.1) is 0 Å². The Hall–Kier alpha value is -1.62. The Labute approximate surface area is 131 Å². The molecule has 0 aromatic heterocycles. The van der Waals surface area contributed by atoms with Gasteiger partial charge in [-0.2, -0.15) is 0 Å². The van der Waals surface area contributed by atoms with Crippen LogP contribution < -0.4 is 5.32 Å². The number of carbonyl (C=O) groups excluding carboxylic acids is 1. The van der Waals surface area contributed by atoms with Crippen molar-refractivity contribution in [2.24, 2.45) is 5.92 Å². The largest absolute Gasteiger partial charge is 0.393 e. The Morgan fingerprint density at radius 2 is 2.00 bits per heavy atom. The molecule has 0 bridgehead atoms. The minimum absolute atomic E-state index is 0.127. The summed E-state index contributed by atoms with van der Waals surface area (Å²) >= 11 is 0. The second-order valence-corrected chi connectivity index (χ2v) is 6.24. The van der Waals surface area contributed by atoms with Crippen LogP contribution in [0.1, 0.15) is 43.9 Å². The van der Waals surface area contributed by atoms with Crippen LogP contribution in [0.2, 0.25) is 0 Å². The average Bonchev–Trinajstić information content (AvgIpc) is 2.50. The van der Waals surface area contributed by atoms with Gasteiger partial charge in [-0.05, 0) is 56.7 Å². The number of rotatable bonds is 3. The van der Waals surface area contributed by atoms with Gasteiger partial charge in [0.25, 0.3) is 0 Å². The van der Waals surface area contributed by atoms with Crippen molar-refractivity contribution < 1.29 is 14.3 Å². The van der Waals surface area contributed by atoms with Crippen molar-refractivity contribution in [3.63, 3.8) is 0 Å². The smallest absolute Gasteiger partial charge is 0.317 e. The van der Waals surface area contributed by atoms with Crippen LogP contribution in [-0.4, -0.2) is 35.2 Å². The zero-order valence-corrected chi connectivity index (χ0v) is 13.5. The third kappa shape index (κ3) is 3.97. The molecule has 2 N–H and O–H groups in total. The number of halogens is 1. The Kier molecular flexibility index (Phi) is 5.40. The Bertz CT molecular complexity index is 525. The molecule has 2 amide bonds. The standard InChI is InChI=1S/C17H25FN2O2/c1-11-4-5-15(10-16(11)18)12(2)19-17(22)20-8-6-14(7-9-20)13(3)21/h4-5,10,12-14,21H,6-9H2,1-3H3,(H,19,22). The number of hydrogen-bond acceptors (Lipinski definition) is 2. The van der Waals surface area contributed by atoms with Gasteiger partial charge in [0.15, 0.2) is 0 Å². The van der Waals surface area contributed by atoms with E-state index in [0.29, 0.717) is 18.7 Å². The van der Waals surface area contributed by atoms with Crippen molar-refractivity contribution in [3.05, 3.63) is 35.1 Å². The molecule has 0 saturated carbocycles. The van der Waals surface area contributed by atoms with Gasteiger partial charge in [0.05, 0.1) is 12.1 Å². The van der Waals surface area contributed by atoms with Crippen LogP contribution in [-0.2, 0) is 0 Å². The zero-order valence-electron chi connectivity index (χ0n) is 13.5. The lowest BCUT2D eigenvalue weighted by molar-refractivity contribution is 0.0794. The number of nitrogens with one attached hydrogen (secondary N) is 1. The highest BCUT2D eigenvalue weighted by Crippen LogP contribution is 2.21. The third-order valence-corrected chi connectivity index (χ3v) is 4.54. The highest BCUT2D eigenvalue weighted by molar-refractivity contribution is 5.74. The molecule has 2 rings (SSSR count). The van der Waals surface area contributed by atoms with Crippen LogP contribution in [0, 0.1) is 18.7 Å². The molecule has 0 spiro atoms. The number of aliphatic hydroxyl groups is 1. The first-order valence-corrected chi connectivity index (χ1v) is 7.88. The van der Waals surface area contributed by atoms with E-state index in [9.17, 15) is 14.3 Å². The van der Waals surface area contributed by atoms with Crippen molar-refractivity contribution in [3.8, 4) is 0 Å². The summed E-state index contributed by atoms with van der Waals surface area (Å²) < 4.78 is 13.6. The topological polar surface area (TPSA) is 52.6 Å². The minimum Gasteiger partial charge on any atom is -0.393 e. The molecular weight excluding hydrogens is 283 g/mol. The molecule has 0 radical (unpaired) electrons. The predicted octanol–water partition coefficient (Wildman–Crippen LogP) is 3.00. The summed E-state index contributed by atoms with van der Waals surface area (Å²) in [6.45, 7) is 6.67. The molecule has 1 aliphatic rings. The molecule has 22 heavy (non-hydrogen) atoms. The summed E-state index contributed by atoms with van der Waals surface area (Å²) in [7, 11) is 0. The van der Waals surface area contributed by atoms with Crippen LogP contribution in [0.15, 0.2) is 18.2 Å². The van der Waals surface area contributed by atoms with Gasteiger partial charge < -0.3 is 15.3 Å². The molecule has 2 unspecified atom stereocenters. The number of hydrogen-bond donors (Lipinski definition) is 2. The van der Waals surface area contributed by atoms with E-state index in [4.69, 9.17) is 0 Å². The monoisotopic (exact) mass is 308 g/mol. The summed E-state index contributed by atoms with van der Waals surface area (Å²) in [5, 5.41) is 12.5. The summed E-state index contributed by atoms with van der Waals surface area (Å²) in [5.41, 5.74) is 1.36. The van der Waals surface area contributed by atoms with E-state index in [2.05, 4.69) is 5.32 Å². The highest BCUT2D eigenvalue weighted by Gasteiger charge is 2.26. The van der Waals surface area contributed by atoms with Crippen molar-refractivity contribution >= 4 is 6.03 Å². The first kappa shape index (κ1) is 16.7. The lowest BCUT2D eigenvalue weighted by Crippen LogP contribution is -2.46. The van der Waals surface area contributed by atoms with E-state index in [1.807, 2.05) is 13.0 Å². The first-order valence-electron chi connectivity index (χ1n) is 7.88. The minimum atomic E-state index is -0.320. The Balaban J connectivity index is 1.90. The number of aryl methyl sites for hydroxylation is 1. The van der Waals surface area contributed by atoms with E-state index in [1.54, 1.807) is 24.8 Å². The summed E-state index contributed by atoms with van der Waals surface area (Å²) in [5.74, 6) is 0.0176. The summed E-state index contributed by atoms with van der Waals surface area (Å²) in [4.78, 5) is 14.0. The van der Waals surface area contributed by atoms with Crippen molar-refractivity contribution in [1.82, 2.24) is 10.2 Å². The number of carbonyl (C=O) groups is 1. The molecule has 0 aliphatic carbocycles. The number of benzene rings is 1. The Morgan fingerprint density at radius 3 is 2.55 bits per heavy atom. The predicted molar refractivity (Wildman–Crippen MR) is 84.1 cm³/mol. The fourth-order valence-electron chi connectivity index (χ4n) is 2.82. The second kappa shape index (κ2) is 7.09. The van der Waals surface area contributed by atoms with Crippen LogP contribution >= 0.6 is 0 Å². The molecular formula is C17H25FN2O2. The zero-order chi connectivity index (χ0) is 16.3. The molecule has 5 heteroatoms. The molecule has 1 aliphatic heterocycles. The molecule has 122 valence electrons. The van der Waals surface area contributed by atoms with E-state index >= 15 is 0 Å². The van der Waals surface area contributed by atoms with Gasteiger partial charge in [0.1, 0.15) is 5.82 Å². The van der Waals surface area contributed by atoms with Crippen LogP contribution in [0.25, 0.3) is 0 Å². The van der Waals surface area contributed by atoms with Crippen molar-refractivity contribution in [1.29, 1.82) is 0 Å². The van der Waals surface area contributed by atoms with E-state index in [0.717, 1.165) is 18.4 Å². The average molecular weight is 308 g/mol. The lowest BCUT2D eigenvalue weighted by Gasteiger charge is -2.34. The molecule has 1 saturated heterocycles. The normalized spacial score (nSPS) is 18.9. The first-order chi connectivity index (χ1) is 10.4. The number of urea groups is 1. The van der Waals surface area contributed by atoms with Gasteiger partial charge in [-0.3, -0.25) is 0 Å². The van der Waals surface area contributed by atoms with E-state index in [1.165, 1.54) is 6.07 Å². The highest BCUT2D eigenvalue weighted by atomic mass is 19.1. The molecule has 1 fully saturated rings. The quantitative estimate of drug-likeness (QED) is 0.902. The molecule has 1 aromatic rings. The van der Waals surface area contributed by atoms with Gasteiger partial charge >= 0.3 is 6.03 Å². The molecule has 4 nitrogen and oxygen atoms in total. The number of nitrogens with zero attached hydrogens (tertiary/aromatic N) is 1. The number of piperidine rings is 1. The number of amides is 2. The molecule has 1 aromatic carbocycles. The van der Waals surface area contributed by atoms with Crippen molar-refractivity contribution in [2.75, 3.05) is 13.1 Å². The van der Waals surface area contributed by atoms with Gasteiger partial charge in [-0.1, -0.05) is 12.1 Å². The fourth-order valence-corrected chi connectivity index (χ4v) is 2.82. The second-order valence-electron chi connectivity index (χ2n) is 6.24. The maximum Gasteiger partial charge on any atom is 0.317 e.